The molecule has 0 radical (unpaired) electrons. The van der Waals surface area contributed by atoms with Crippen molar-refractivity contribution in [2.24, 2.45) is 0 Å². The highest BCUT2D eigenvalue weighted by Gasteiger charge is 2.20. The lowest BCUT2D eigenvalue weighted by atomic mass is 10.0. The van der Waals surface area contributed by atoms with Crippen molar-refractivity contribution in [3.8, 4) is 0 Å². The monoisotopic (exact) mass is 470 g/mol. The largest absolute Gasteiger partial charge is 0.481 e. The van der Waals surface area contributed by atoms with Crippen LogP contribution in [0.4, 0.5) is 0 Å². The molecule has 4 N–H and O–H groups in total. The summed E-state index contributed by atoms with van der Waals surface area (Å²) in [5.41, 5.74) is 0. The van der Waals surface area contributed by atoms with Gasteiger partial charge in [0.15, 0.2) is 0 Å². The minimum Gasteiger partial charge on any atom is -0.481 e. The SMILES string of the molecule is CCCCNC(=O)CC[C@H](NC(=O)CCCCCCCCCCCCCCC(=O)O)C(=O)O. The van der Waals surface area contributed by atoms with E-state index in [2.05, 4.69) is 10.6 Å². The van der Waals surface area contributed by atoms with E-state index in [-0.39, 0.29) is 31.1 Å². The number of hydrogen-bond donors (Lipinski definition) is 4. The minimum atomic E-state index is -1.11. The van der Waals surface area contributed by atoms with Crippen molar-refractivity contribution < 1.29 is 29.4 Å². The molecular formula is C25H46N2O6. The minimum absolute atomic E-state index is 0.0890. The molecule has 0 aromatic rings. The fourth-order valence-corrected chi connectivity index (χ4v) is 3.62. The average Bonchev–Trinajstić information content (AvgIpc) is 2.76. The van der Waals surface area contributed by atoms with Gasteiger partial charge in [-0.1, -0.05) is 77.6 Å². The fraction of sp³-hybridized carbons (Fsp3) is 0.840. The standard InChI is InChI=1S/C25H46N2O6/c1-2-3-20-26-22(28)19-18-21(25(32)33)27-23(29)16-14-12-10-8-6-4-5-7-9-11-13-15-17-24(30)31/h21H,2-20H2,1H3,(H,26,28)(H,27,29)(H,30,31)(H,32,33)/t21-/m0/s1. The first kappa shape index (κ1) is 30.9. The second kappa shape index (κ2) is 21.7. The van der Waals surface area contributed by atoms with Crippen LogP contribution >= 0.6 is 0 Å². The van der Waals surface area contributed by atoms with Crippen molar-refractivity contribution in [2.75, 3.05) is 6.54 Å². The molecule has 192 valence electrons. The molecule has 0 aromatic heterocycles. The molecule has 0 spiro atoms. The van der Waals surface area contributed by atoms with E-state index in [1.807, 2.05) is 6.92 Å². The topological polar surface area (TPSA) is 133 Å². The Labute approximate surface area is 199 Å². The number of carboxylic acid groups (broad SMARTS) is 2. The molecule has 0 aliphatic carbocycles. The summed E-state index contributed by atoms with van der Waals surface area (Å²) in [5, 5.41) is 23.2. The third-order valence-corrected chi connectivity index (χ3v) is 5.69. The highest BCUT2D eigenvalue weighted by atomic mass is 16.4. The number of nitrogens with one attached hydrogen (secondary N) is 2. The van der Waals surface area contributed by atoms with Crippen LogP contribution < -0.4 is 10.6 Å². The van der Waals surface area contributed by atoms with Gasteiger partial charge in [-0.2, -0.15) is 0 Å². The molecule has 2 amide bonds. The van der Waals surface area contributed by atoms with Gasteiger partial charge in [-0.25, -0.2) is 4.79 Å². The number of carbonyl (C=O) groups excluding carboxylic acids is 2. The lowest BCUT2D eigenvalue weighted by Crippen LogP contribution is -2.41. The molecule has 0 saturated carbocycles. The number of unbranched alkanes of at least 4 members (excludes halogenated alkanes) is 12. The Bertz CT molecular complexity index is 553. The Balaban J connectivity index is 3.64. The van der Waals surface area contributed by atoms with Crippen LogP contribution in [0.1, 0.15) is 122 Å². The molecule has 0 aromatic carbocycles. The Kier molecular flexibility index (Phi) is 20.3. The molecule has 8 nitrogen and oxygen atoms in total. The fourth-order valence-electron chi connectivity index (χ4n) is 3.62. The van der Waals surface area contributed by atoms with Gasteiger partial charge in [-0.3, -0.25) is 14.4 Å². The molecule has 0 rings (SSSR count). The molecule has 33 heavy (non-hydrogen) atoms. The van der Waals surface area contributed by atoms with Crippen molar-refractivity contribution in [3.63, 3.8) is 0 Å². The van der Waals surface area contributed by atoms with Crippen molar-refractivity contribution in [1.82, 2.24) is 10.6 Å². The van der Waals surface area contributed by atoms with E-state index in [0.29, 0.717) is 13.0 Å². The second-order valence-corrected chi connectivity index (χ2v) is 8.84. The van der Waals surface area contributed by atoms with Crippen molar-refractivity contribution >= 4 is 23.8 Å². The second-order valence-electron chi connectivity index (χ2n) is 8.84. The third-order valence-electron chi connectivity index (χ3n) is 5.69. The first-order valence-electron chi connectivity index (χ1n) is 12.9. The van der Waals surface area contributed by atoms with Crippen LogP contribution in [-0.2, 0) is 19.2 Å². The van der Waals surface area contributed by atoms with E-state index in [9.17, 15) is 24.3 Å². The first-order valence-corrected chi connectivity index (χ1v) is 12.9. The number of hydrogen-bond acceptors (Lipinski definition) is 4. The maximum atomic E-state index is 12.0. The van der Waals surface area contributed by atoms with E-state index in [1.54, 1.807) is 0 Å². The summed E-state index contributed by atoms with van der Waals surface area (Å²) < 4.78 is 0. The quantitative estimate of drug-likeness (QED) is 0.159. The maximum Gasteiger partial charge on any atom is 0.326 e. The Morgan fingerprint density at radius 1 is 0.636 bits per heavy atom. The summed E-state index contributed by atoms with van der Waals surface area (Å²) in [6.45, 7) is 2.62. The summed E-state index contributed by atoms with van der Waals surface area (Å²) in [6, 6.07) is -1.02. The lowest BCUT2D eigenvalue weighted by Gasteiger charge is -2.14. The Morgan fingerprint density at radius 3 is 1.58 bits per heavy atom. The van der Waals surface area contributed by atoms with Crippen LogP contribution in [0.25, 0.3) is 0 Å². The van der Waals surface area contributed by atoms with E-state index in [0.717, 1.165) is 57.8 Å². The molecule has 0 aliphatic heterocycles. The zero-order valence-corrected chi connectivity index (χ0v) is 20.5. The number of rotatable bonds is 23. The Morgan fingerprint density at radius 2 is 1.12 bits per heavy atom. The Hall–Kier alpha value is -2.12. The van der Waals surface area contributed by atoms with E-state index < -0.39 is 18.0 Å². The van der Waals surface area contributed by atoms with E-state index in [4.69, 9.17) is 5.11 Å². The van der Waals surface area contributed by atoms with Crippen LogP contribution in [0, 0.1) is 0 Å². The third kappa shape index (κ3) is 21.5. The summed E-state index contributed by atoms with van der Waals surface area (Å²) in [5.74, 6) is -2.26. The predicted molar refractivity (Wildman–Crippen MR) is 129 cm³/mol. The van der Waals surface area contributed by atoms with Crippen molar-refractivity contribution in [3.05, 3.63) is 0 Å². The van der Waals surface area contributed by atoms with Crippen LogP contribution in [0.2, 0.25) is 0 Å². The smallest absolute Gasteiger partial charge is 0.326 e. The first-order chi connectivity index (χ1) is 15.9. The molecule has 1 atom stereocenters. The normalized spacial score (nSPS) is 11.7. The number of carboxylic acids is 2. The van der Waals surface area contributed by atoms with Gasteiger partial charge in [0.05, 0.1) is 0 Å². The molecule has 0 fully saturated rings. The van der Waals surface area contributed by atoms with Crippen LogP contribution in [0.5, 0.6) is 0 Å². The van der Waals surface area contributed by atoms with Gasteiger partial charge < -0.3 is 20.8 Å². The number of carbonyl (C=O) groups is 4. The maximum absolute atomic E-state index is 12.0. The van der Waals surface area contributed by atoms with Gasteiger partial charge in [0.1, 0.15) is 6.04 Å². The predicted octanol–water partition coefficient (Wildman–Crippen LogP) is 4.80. The summed E-state index contributed by atoms with van der Waals surface area (Å²) >= 11 is 0. The summed E-state index contributed by atoms with van der Waals surface area (Å²) in [4.78, 5) is 45.5. The zero-order chi connectivity index (χ0) is 24.7. The highest BCUT2D eigenvalue weighted by Crippen LogP contribution is 2.13. The highest BCUT2D eigenvalue weighted by molar-refractivity contribution is 5.84. The van der Waals surface area contributed by atoms with Gasteiger partial charge in [-0.05, 0) is 25.7 Å². The van der Waals surface area contributed by atoms with E-state index in [1.165, 1.54) is 32.1 Å². The number of aliphatic carboxylic acids is 2. The van der Waals surface area contributed by atoms with Crippen molar-refractivity contribution in [2.45, 2.75) is 129 Å². The number of amides is 2. The van der Waals surface area contributed by atoms with Crippen LogP contribution in [0.15, 0.2) is 0 Å². The van der Waals surface area contributed by atoms with Gasteiger partial charge in [0.25, 0.3) is 0 Å². The molecule has 8 heteroatoms. The van der Waals surface area contributed by atoms with Gasteiger partial charge in [0.2, 0.25) is 11.8 Å². The average molecular weight is 471 g/mol. The van der Waals surface area contributed by atoms with Gasteiger partial charge in [0, 0.05) is 25.8 Å². The summed E-state index contributed by atoms with van der Waals surface area (Å²) in [7, 11) is 0. The van der Waals surface area contributed by atoms with Crippen LogP contribution in [0.3, 0.4) is 0 Å². The summed E-state index contributed by atoms with van der Waals surface area (Å²) in [6.07, 6.45) is 15.5. The molecule has 0 aliphatic rings. The lowest BCUT2D eigenvalue weighted by molar-refractivity contribution is -0.142. The van der Waals surface area contributed by atoms with Crippen molar-refractivity contribution in [1.29, 1.82) is 0 Å². The zero-order valence-electron chi connectivity index (χ0n) is 20.5. The van der Waals surface area contributed by atoms with Crippen LogP contribution in [-0.4, -0.2) is 46.6 Å². The molecule has 0 saturated heterocycles. The van der Waals surface area contributed by atoms with Gasteiger partial charge >= 0.3 is 11.9 Å². The molecule has 0 heterocycles. The van der Waals surface area contributed by atoms with Gasteiger partial charge in [-0.15, -0.1) is 0 Å². The molecular weight excluding hydrogens is 424 g/mol. The molecule has 0 bridgehead atoms. The van der Waals surface area contributed by atoms with E-state index >= 15 is 0 Å². The molecule has 0 unspecified atom stereocenters.